The van der Waals surface area contributed by atoms with Crippen LogP contribution in [0.15, 0.2) is 48.5 Å². The summed E-state index contributed by atoms with van der Waals surface area (Å²) in [5.41, 5.74) is 2.97. The summed E-state index contributed by atoms with van der Waals surface area (Å²) in [7, 11) is 0. The Bertz CT molecular complexity index is 815. The zero-order valence-electron chi connectivity index (χ0n) is 17.4. The summed E-state index contributed by atoms with van der Waals surface area (Å²) in [6.45, 7) is 6.31. The molecular formula is C23H29N3O4. The second-order valence-corrected chi connectivity index (χ2v) is 7.04. The first-order valence-corrected chi connectivity index (χ1v) is 10.4. The summed E-state index contributed by atoms with van der Waals surface area (Å²) < 4.78 is 10.7. The maximum atomic E-state index is 12.0. The Morgan fingerprint density at radius 3 is 2.37 bits per heavy atom. The van der Waals surface area contributed by atoms with Crippen molar-refractivity contribution >= 4 is 23.2 Å². The SMILES string of the molecule is CCOc1ccc(NC(=O)C(=O)NCCCc2ccc(N3CCOCC3)cc2)cc1. The van der Waals surface area contributed by atoms with Gasteiger partial charge in [-0.25, -0.2) is 0 Å². The molecule has 0 aliphatic carbocycles. The van der Waals surface area contributed by atoms with Crippen LogP contribution in [0.2, 0.25) is 0 Å². The number of carbonyl (C=O) groups is 2. The number of morpholine rings is 1. The van der Waals surface area contributed by atoms with E-state index in [2.05, 4.69) is 39.8 Å². The van der Waals surface area contributed by atoms with Crippen molar-refractivity contribution in [2.45, 2.75) is 19.8 Å². The minimum atomic E-state index is -0.672. The largest absolute Gasteiger partial charge is 0.494 e. The van der Waals surface area contributed by atoms with E-state index in [1.54, 1.807) is 24.3 Å². The van der Waals surface area contributed by atoms with Gasteiger partial charge >= 0.3 is 11.8 Å². The average molecular weight is 412 g/mol. The smallest absolute Gasteiger partial charge is 0.313 e. The second-order valence-electron chi connectivity index (χ2n) is 7.04. The van der Waals surface area contributed by atoms with Crippen molar-refractivity contribution in [1.29, 1.82) is 0 Å². The number of nitrogens with zero attached hydrogens (tertiary/aromatic N) is 1. The van der Waals surface area contributed by atoms with E-state index in [9.17, 15) is 9.59 Å². The Balaban J connectivity index is 1.36. The van der Waals surface area contributed by atoms with Crippen LogP contribution < -0.4 is 20.3 Å². The highest BCUT2D eigenvalue weighted by Gasteiger charge is 2.13. The van der Waals surface area contributed by atoms with Gasteiger partial charge in [0.05, 0.1) is 19.8 Å². The molecule has 30 heavy (non-hydrogen) atoms. The number of aryl methyl sites for hydroxylation is 1. The first kappa shape index (κ1) is 21.6. The fraction of sp³-hybridized carbons (Fsp3) is 0.391. The summed E-state index contributed by atoms with van der Waals surface area (Å²) in [6, 6.07) is 15.4. The zero-order chi connectivity index (χ0) is 21.2. The Labute approximate surface area is 177 Å². The molecule has 0 unspecified atom stereocenters. The standard InChI is InChI=1S/C23H29N3O4/c1-2-30-21-11-7-19(8-12-21)25-23(28)22(27)24-13-3-4-18-5-9-20(10-6-18)26-14-16-29-17-15-26/h5-12H,2-4,13-17H2,1H3,(H,24,27)(H,25,28). The van der Waals surface area contributed by atoms with Crippen molar-refractivity contribution in [3.63, 3.8) is 0 Å². The first-order chi connectivity index (χ1) is 14.7. The van der Waals surface area contributed by atoms with Crippen LogP contribution >= 0.6 is 0 Å². The van der Waals surface area contributed by atoms with E-state index in [1.807, 2.05) is 6.92 Å². The van der Waals surface area contributed by atoms with Crippen LogP contribution in [-0.4, -0.2) is 51.3 Å². The van der Waals surface area contributed by atoms with Gasteiger partial charge in [-0.3, -0.25) is 9.59 Å². The van der Waals surface area contributed by atoms with Crippen LogP contribution in [0.25, 0.3) is 0 Å². The van der Waals surface area contributed by atoms with Crippen molar-refractivity contribution in [2.24, 2.45) is 0 Å². The van der Waals surface area contributed by atoms with Crippen LogP contribution in [0.4, 0.5) is 11.4 Å². The number of amides is 2. The molecule has 1 aliphatic heterocycles. The van der Waals surface area contributed by atoms with Crippen LogP contribution in [0, 0.1) is 0 Å². The van der Waals surface area contributed by atoms with Gasteiger partial charge in [0, 0.05) is 31.0 Å². The molecule has 2 N–H and O–H groups in total. The fourth-order valence-corrected chi connectivity index (χ4v) is 3.26. The Morgan fingerprint density at radius 1 is 1.00 bits per heavy atom. The average Bonchev–Trinajstić information content (AvgIpc) is 2.79. The molecule has 7 heteroatoms. The van der Waals surface area contributed by atoms with Crippen LogP contribution in [0.5, 0.6) is 5.75 Å². The molecule has 160 valence electrons. The van der Waals surface area contributed by atoms with E-state index in [4.69, 9.17) is 9.47 Å². The molecule has 0 aromatic heterocycles. The van der Waals surface area contributed by atoms with Crippen LogP contribution in [-0.2, 0) is 20.7 Å². The van der Waals surface area contributed by atoms with Crippen molar-refractivity contribution in [1.82, 2.24) is 5.32 Å². The van der Waals surface area contributed by atoms with Gasteiger partial charge in [0.1, 0.15) is 5.75 Å². The molecular weight excluding hydrogens is 382 g/mol. The van der Waals surface area contributed by atoms with Gasteiger partial charge < -0.3 is 25.0 Å². The maximum Gasteiger partial charge on any atom is 0.313 e. The Morgan fingerprint density at radius 2 is 1.70 bits per heavy atom. The highest BCUT2D eigenvalue weighted by molar-refractivity contribution is 6.39. The van der Waals surface area contributed by atoms with Crippen molar-refractivity contribution < 1.29 is 19.1 Å². The molecule has 0 atom stereocenters. The zero-order valence-corrected chi connectivity index (χ0v) is 17.4. The van der Waals surface area contributed by atoms with Gasteiger partial charge in [0.15, 0.2) is 0 Å². The minimum Gasteiger partial charge on any atom is -0.494 e. The lowest BCUT2D eigenvalue weighted by molar-refractivity contribution is -0.136. The molecule has 2 aromatic carbocycles. The number of hydrogen-bond acceptors (Lipinski definition) is 5. The lowest BCUT2D eigenvalue weighted by atomic mass is 10.1. The third-order valence-electron chi connectivity index (χ3n) is 4.87. The van der Waals surface area contributed by atoms with Gasteiger partial charge in [-0.15, -0.1) is 0 Å². The second kappa shape index (κ2) is 11.2. The summed E-state index contributed by atoms with van der Waals surface area (Å²) in [6.07, 6.45) is 1.60. The molecule has 1 aliphatic rings. The molecule has 2 aromatic rings. The minimum absolute atomic E-state index is 0.445. The van der Waals surface area contributed by atoms with Crippen LogP contribution in [0.3, 0.4) is 0 Å². The lowest BCUT2D eigenvalue weighted by Gasteiger charge is -2.28. The summed E-state index contributed by atoms with van der Waals surface area (Å²) in [4.78, 5) is 26.3. The van der Waals surface area contributed by atoms with Crippen LogP contribution in [0.1, 0.15) is 18.9 Å². The molecule has 1 saturated heterocycles. The van der Waals surface area contributed by atoms with Crippen molar-refractivity contribution in [3.05, 3.63) is 54.1 Å². The van der Waals surface area contributed by atoms with E-state index < -0.39 is 11.8 Å². The molecule has 0 spiro atoms. The topological polar surface area (TPSA) is 79.9 Å². The summed E-state index contributed by atoms with van der Waals surface area (Å²) >= 11 is 0. The molecule has 0 saturated carbocycles. The first-order valence-electron chi connectivity index (χ1n) is 10.4. The van der Waals surface area contributed by atoms with E-state index in [0.29, 0.717) is 18.8 Å². The summed E-state index contributed by atoms with van der Waals surface area (Å²) in [5.74, 6) is -0.585. The van der Waals surface area contributed by atoms with E-state index >= 15 is 0 Å². The number of rotatable bonds is 8. The number of benzene rings is 2. The molecule has 7 nitrogen and oxygen atoms in total. The highest BCUT2D eigenvalue weighted by atomic mass is 16.5. The number of nitrogens with one attached hydrogen (secondary N) is 2. The van der Waals surface area contributed by atoms with Gasteiger partial charge in [-0.1, -0.05) is 12.1 Å². The van der Waals surface area contributed by atoms with Gasteiger partial charge in [-0.05, 0) is 61.7 Å². The molecule has 2 amide bonds. The normalized spacial score (nSPS) is 13.6. The van der Waals surface area contributed by atoms with Gasteiger partial charge in [-0.2, -0.15) is 0 Å². The third kappa shape index (κ3) is 6.49. The van der Waals surface area contributed by atoms with Gasteiger partial charge in [0.25, 0.3) is 0 Å². The predicted octanol–water partition coefficient (Wildman–Crippen LogP) is 2.61. The molecule has 1 heterocycles. The van der Waals surface area contributed by atoms with Crippen molar-refractivity contribution in [3.8, 4) is 5.75 Å². The lowest BCUT2D eigenvalue weighted by Crippen LogP contribution is -2.36. The van der Waals surface area contributed by atoms with E-state index in [-0.39, 0.29) is 0 Å². The number of ether oxygens (including phenoxy) is 2. The number of anilines is 2. The number of carbonyl (C=O) groups excluding carboxylic acids is 2. The van der Waals surface area contributed by atoms with Gasteiger partial charge in [0.2, 0.25) is 0 Å². The monoisotopic (exact) mass is 411 g/mol. The highest BCUT2D eigenvalue weighted by Crippen LogP contribution is 2.17. The Kier molecular flexibility index (Phi) is 8.09. The van der Waals surface area contributed by atoms with E-state index in [1.165, 1.54) is 11.3 Å². The molecule has 0 bridgehead atoms. The van der Waals surface area contributed by atoms with Crippen molar-refractivity contribution in [2.75, 3.05) is 49.7 Å². The number of hydrogen-bond donors (Lipinski definition) is 2. The summed E-state index contributed by atoms with van der Waals surface area (Å²) in [5, 5.41) is 5.26. The molecule has 1 fully saturated rings. The fourth-order valence-electron chi connectivity index (χ4n) is 3.26. The Hall–Kier alpha value is -3.06. The third-order valence-corrected chi connectivity index (χ3v) is 4.87. The van der Waals surface area contributed by atoms with E-state index in [0.717, 1.165) is 44.9 Å². The molecule has 3 rings (SSSR count). The maximum absolute atomic E-state index is 12.0. The quantitative estimate of drug-likeness (QED) is 0.516. The molecule has 0 radical (unpaired) electrons. The predicted molar refractivity (Wildman–Crippen MR) is 117 cm³/mol.